The van der Waals surface area contributed by atoms with E-state index < -0.39 is 0 Å². The topological polar surface area (TPSA) is 59.3 Å². The Hall–Kier alpha value is -2.01. The van der Waals surface area contributed by atoms with Crippen LogP contribution in [0.25, 0.3) is 0 Å². The number of nitrogens with one attached hydrogen (secondary N) is 1. The molecule has 5 heteroatoms. The van der Waals surface area contributed by atoms with Crippen molar-refractivity contribution in [1.82, 2.24) is 9.78 Å². The molecule has 2 heterocycles. The molecule has 1 aromatic heterocycles. The minimum Gasteiger partial charge on any atom is -0.450 e. The standard InChI is InChI=1S/C11H11N3O2/c15-6-5-14-11-10(7-12-14)16-9-4-2-1-3-8(9)13-11/h1-4,7,13,15H,5-6H2. The molecule has 1 aromatic carbocycles. The summed E-state index contributed by atoms with van der Waals surface area (Å²) in [6.45, 7) is 0.505. The van der Waals surface area contributed by atoms with Crippen molar-refractivity contribution in [1.29, 1.82) is 0 Å². The van der Waals surface area contributed by atoms with Crippen LogP contribution in [-0.4, -0.2) is 21.5 Å². The second-order valence-corrected chi connectivity index (χ2v) is 3.53. The Bertz CT molecular complexity index is 522. The van der Waals surface area contributed by atoms with Gasteiger partial charge in [0, 0.05) is 0 Å². The summed E-state index contributed by atoms with van der Waals surface area (Å²) in [6.07, 6.45) is 1.65. The Kier molecular flexibility index (Phi) is 2.04. The van der Waals surface area contributed by atoms with E-state index in [1.165, 1.54) is 0 Å². The van der Waals surface area contributed by atoms with Gasteiger partial charge in [0.15, 0.2) is 17.3 Å². The Morgan fingerprint density at radius 3 is 3.06 bits per heavy atom. The number of aliphatic hydroxyl groups excluding tert-OH is 1. The Balaban J connectivity index is 2.01. The van der Waals surface area contributed by atoms with Gasteiger partial charge in [0.25, 0.3) is 0 Å². The number of nitrogens with zero attached hydrogens (tertiary/aromatic N) is 2. The van der Waals surface area contributed by atoms with Crippen LogP contribution in [0.4, 0.5) is 11.5 Å². The van der Waals surface area contributed by atoms with Crippen molar-refractivity contribution in [2.75, 3.05) is 11.9 Å². The molecule has 2 N–H and O–H groups in total. The van der Waals surface area contributed by atoms with Gasteiger partial charge in [0.2, 0.25) is 0 Å². The van der Waals surface area contributed by atoms with Crippen LogP contribution in [0.3, 0.4) is 0 Å². The predicted molar refractivity (Wildman–Crippen MR) is 59.1 cm³/mol. The number of aromatic nitrogens is 2. The van der Waals surface area contributed by atoms with Crippen LogP contribution in [0.15, 0.2) is 30.5 Å². The third-order valence-electron chi connectivity index (χ3n) is 2.48. The van der Waals surface area contributed by atoms with E-state index >= 15 is 0 Å². The number of ether oxygens (including phenoxy) is 1. The zero-order chi connectivity index (χ0) is 11.0. The number of rotatable bonds is 2. The maximum Gasteiger partial charge on any atom is 0.189 e. The highest BCUT2D eigenvalue weighted by atomic mass is 16.5. The molecule has 1 aliphatic heterocycles. The molecule has 0 saturated heterocycles. The van der Waals surface area contributed by atoms with Gasteiger partial charge in [0.1, 0.15) is 0 Å². The van der Waals surface area contributed by atoms with Gasteiger partial charge in [-0.15, -0.1) is 0 Å². The van der Waals surface area contributed by atoms with Gasteiger partial charge in [-0.2, -0.15) is 5.10 Å². The fourth-order valence-corrected chi connectivity index (χ4v) is 1.74. The average molecular weight is 217 g/mol. The summed E-state index contributed by atoms with van der Waals surface area (Å²) in [5, 5.41) is 16.3. The van der Waals surface area contributed by atoms with E-state index in [0.29, 0.717) is 12.3 Å². The molecule has 2 aromatic rings. The van der Waals surface area contributed by atoms with E-state index in [0.717, 1.165) is 17.3 Å². The second kappa shape index (κ2) is 3.53. The fraction of sp³-hybridized carbons (Fsp3) is 0.182. The lowest BCUT2D eigenvalue weighted by atomic mass is 10.2. The lowest BCUT2D eigenvalue weighted by molar-refractivity contribution is 0.270. The molecular weight excluding hydrogens is 206 g/mol. The van der Waals surface area contributed by atoms with Crippen LogP contribution in [0.2, 0.25) is 0 Å². The number of anilines is 2. The Morgan fingerprint density at radius 1 is 1.31 bits per heavy atom. The second-order valence-electron chi connectivity index (χ2n) is 3.53. The van der Waals surface area contributed by atoms with Crippen molar-refractivity contribution < 1.29 is 9.84 Å². The summed E-state index contributed by atoms with van der Waals surface area (Å²) in [6, 6.07) is 7.69. The third-order valence-corrected chi connectivity index (χ3v) is 2.48. The van der Waals surface area contributed by atoms with Crippen LogP contribution >= 0.6 is 0 Å². The van der Waals surface area contributed by atoms with Gasteiger partial charge in [0.05, 0.1) is 25.0 Å². The van der Waals surface area contributed by atoms with Gasteiger partial charge in [-0.3, -0.25) is 0 Å². The smallest absolute Gasteiger partial charge is 0.189 e. The quantitative estimate of drug-likeness (QED) is 0.686. The molecule has 1 aliphatic rings. The predicted octanol–water partition coefficient (Wildman–Crippen LogP) is 1.72. The number of hydrogen-bond donors (Lipinski definition) is 2. The maximum atomic E-state index is 8.91. The molecule has 0 fully saturated rings. The molecule has 0 aliphatic carbocycles. The first-order valence-corrected chi connectivity index (χ1v) is 5.09. The number of aliphatic hydroxyl groups is 1. The molecule has 0 spiro atoms. The lowest BCUT2D eigenvalue weighted by Gasteiger charge is -2.19. The van der Waals surface area contributed by atoms with Crippen molar-refractivity contribution in [3.05, 3.63) is 30.5 Å². The normalized spacial score (nSPS) is 12.3. The van der Waals surface area contributed by atoms with E-state index in [9.17, 15) is 0 Å². The van der Waals surface area contributed by atoms with E-state index in [1.807, 2.05) is 24.3 Å². The molecule has 0 saturated carbocycles. The van der Waals surface area contributed by atoms with E-state index in [-0.39, 0.29) is 6.61 Å². The highest BCUT2D eigenvalue weighted by Crippen LogP contribution is 2.41. The summed E-state index contributed by atoms with van der Waals surface area (Å²) in [5.41, 5.74) is 0.912. The van der Waals surface area contributed by atoms with Crippen LogP contribution < -0.4 is 10.1 Å². The monoisotopic (exact) mass is 217 g/mol. The van der Waals surface area contributed by atoms with E-state index in [2.05, 4.69) is 10.4 Å². The van der Waals surface area contributed by atoms with Crippen molar-refractivity contribution in [2.24, 2.45) is 0 Å². The summed E-state index contributed by atoms with van der Waals surface area (Å²) < 4.78 is 7.36. The SMILES string of the molecule is OCCn1ncc2c1Nc1ccccc1O2. The van der Waals surface area contributed by atoms with Gasteiger partial charge >= 0.3 is 0 Å². The van der Waals surface area contributed by atoms with Crippen molar-refractivity contribution in [2.45, 2.75) is 6.54 Å². The number of fused-ring (bicyclic) bond motifs is 2. The Labute approximate surface area is 92.3 Å². The third kappa shape index (κ3) is 1.33. The van der Waals surface area contributed by atoms with Crippen LogP contribution in [-0.2, 0) is 6.54 Å². The Morgan fingerprint density at radius 2 is 2.19 bits per heavy atom. The zero-order valence-electron chi connectivity index (χ0n) is 8.55. The summed E-state index contributed by atoms with van der Waals surface area (Å²) in [7, 11) is 0. The van der Waals surface area contributed by atoms with Crippen LogP contribution in [0, 0.1) is 0 Å². The zero-order valence-corrected chi connectivity index (χ0v) is 8.55. The van der Waals surface area contributed by atoms with Crippen LogP contribution in [0.5, 0.6) is 11.5 Å². The van der Waals surface area contributed by atoms with Crippen molar-refractivity contribution >= 4 is 11.5 Å². The van der Waals surface area contributed by atoms with Gasteiger partial charge in [-0.25, -0.2) is 4.68 Å². The highest BCUT2D eigenvalue weighted by Gasteiger charge is 2.20. The van der Waals surface area contributed by atoms with Gasteiger partial charge in [-0.05, 0) is 12.1 Å². The van der Waals surface area contributed by atoms with Crippen molar-refractivity contribution in [3.8, 4) is 11.5 Å². The fourth-order valence-electron chi connectivity index (χ4n) is 1.74. The molecule has 0 radical (unpaired) electrons. The van der Waals surface area contributed by atoms with Gasteiger partial charge < -0.3 is 15.2 Å². The molecule has 0 unspecified atom stereocenters. The number of hydrogen-bond acceptors (Lipinski definition) is 4. The molecule has 16 heavy (non-hydrogen) atoms. The average Bonchev–Trinajstić information content (AvgIpc) is 2.70. The first kappa shape index (κ1) is 9.23. The first-order valence-electron chi connectivity index (χ1n) is 5.09. The van der Waals surface area contributed by atoms with Crippen LogP contribution in [0.1, 0.15) is 0 Å². The van der Waals surface area contributed by atoms with E-state index in [1.54, 1.807) is 10.9 Å². The summed E-state index contributed by atoms with van der Waals surface area (Å²) in [5.74, 6) is 2.26. The van der Waals surface area contributed by atoms with E-state index in [4.69, 9.17) is 9.84 Å². The molecule has 0 amide bonds. The van der Waals surface area contributed by atoms with Gasteiger partial charge in [-0.1, -0.05) is 12.1 Å². The highest BCUT2D eigenvalue weighted by molar-refractivity contribution is 5.72. The van der Waals surface area contributed by atoms with Crippen molar-refractivity contribution in [3.63, 3.8) is 0 Å². The summed E-state index contributed by atoms with van der Waals surface area (Å²) >= 11 is 0. The number of benzene rings is 1. The lowest BCUT2D eigenvalue weighted by Crippen LogP contribution is -2.10. The largest absolute Gasteiger partial charge is 0.450 e. The summed E-state index contributed by atoms with van der Waals surface area (Å²) in [4.78, 5) is 0. The maximum absolute atomic E-state index is 8.91. The first-order chi connectivity index (χ1) is 7.88. The molecule has 3 rings (SSSR count). The molecular formula is C11H11N3O2. The minimum atomic E-state index is 0.0530. The molecule has 0 atom stereocenters. The molecule has 5 nitrogen and oxygen atoms in total. The molecule has 82 valence electrons. The number of para-hydroxylation sites is 2. The molecule has 0 bridgehead atoms. The minimum absolute atomic E-state index is 0.0530.